The van der Waals surface area contributed by atoms with Crippen LogP contribution in [0.15, 0.2) is 24.3 Å². The summed E-state index contributed by atoms with van der Waals surface area (Å²) in [6.07, 6.45) is 0. The van der Waals surface area contributed by atoms with Crippen molar-refractivity contribution < 1.29 is 14.5 Å². The summed E-state index contributed by atoms with van der Waals surface area (Å²) in [5.41, 5.74) is -0.0968. The van der Waals surface area contributed by atoms with Gasteiger partial charge in [0, 0.05) is 41.7 Å². The van der Waals surface area contributed by atoms with Gasteiger partial charge in [0.15, 0.2) is 0 Å². The Kier molecular flexibility index (Phi) is 6.52. The van der Waals surface area contributed by atoms with Gasteiger partial charge in [-0.05, 0) is 26.3 Å². The fraction of sp³-hybridized carbons (Fsp3) is 0.417. The van der Waals surface area contributed by atoms with E-state index in [0.29, 0.717) is 12.2 Å². The average molecular weight is 260 g/mol. The first-order valence-electron chi connectivity index (χ1n) is 5.31. The smallest absolute Gasteiger partial charge is 0.315 e. The Labute approximate surface area is 128 Å². The van der Waals surface area contributed by atoms with Crippen molar-refractivity contribution in [3.63, 3.8) is 0 Å². The summed E-state index contributed by atoms with van der Waals surface area (Å²) < 4.78 is 4.97. The van der Waals surface area contributed by atoms with Gasteiger partial charge in [-0.1, -0.05) is 12.1 Å². The summed E-state index contributed by atoms with van der Waals surface area (Å²) in [6.45, 7) is 5.51. The third kappa shape index (κ3) is 3.80. The maximum absolute atomic E-state index is 11.7. The predicted octanol–water partition coefficient (Wildman–Crippen LogP) is 2.05. The molecular weight excluding hydrogens is 245 g/mol. The molecule has 0 aliphatic heterocycles. The first kappa shape index (κ1) is 17.1. The summed E-state index contributed by atoms with van der Waals surface area (Å²) in [5, 5.41) is 10.5. The Morgan fingerprint density at radius 2 is 1.83 bits per heavy atom. The molecule has 0 unspecified atom stereocenters. The molecule has 18 heavy (non-hydrogen) atoms. The van der Waals surface area contributed by atoms with Gasteiger partial charge in [-0.2, -0.15) is 0 Å². The van der Waals surface area contributed by atoms with Crippen molar-refractivity contribution in [2.45, 2.75) is 26.2 Å². The van der Waals surface area contributed by atoms with E-state index in [1.54, 1.807) is 32.9 Å². The second-order valence-electron chi connectivity index (χ2n) is 4.15. The molecule has 1 aromatic rings. The summed E-state index contributed by atoms with van der Waals surface area (Å²) in [5.74, 6) is -0.339. The number of esters is 1. The van der Waals surface area contributed by atoms with Gasteiger partial charge >= 0.3 is 5.97 Å². The normalized spacial score (nSPS) is 10.4. The second kappa shape index (κ2) is 6.87. The van der Waals surface area contributed by atoms with E-state index in [1.807, 2.05) is 0 Å². The van der Waals surface area contributed by atoms with Crippen molar-refractivity contribution in [2.75, 3.05) is 6.61 Å². The summed E-state index contributed by atoms with van der Waals surface area (Å²) in [6, 6.07) is 5.93. The maximum Gasteiger partial charge on any atom is 0.315 e. The molecule has 1 radical (unpaired) electrons. The van der Waals surface area contributed by atoms with Gasteiger partial charge in [-0.25, -0.2) is 0 Å². The van der Waals surface area contributed by atoms with Gasteiger partial charge in [0.25, 0.3) is 5.69 Å². The van der Waals surface area contributed by atoms with Crippen molar-refractivity contribution in [3.8, 4) is 0 Å². The third-order valence-corrected chi connectivity index (χ3v) is 2.59. The molecule has 5 nitrogen and oxygen atoms in total. The molecule has 0 saturated heterocycles. The van der Waals surface area contributed by atoms with E-state index in [9.17, 15) is 14.9 Å². The molecule has 0 atom stereocenters. The molecule has 0 saturated carbocycles. The van der Waals surface area contributed by atoms with Crippen LogP contribution >= 0.6 is 0 Å². The molecule has 0 aliphatic carbocycles. The van der Waals surface area contributed by atoms with E-state index in [4.69, 9.17) is 4.74 Å². The molecule has 0 N–H and O–H groups in total. The number of carbonyl (C=O) groups is 1. The molecule has 0 bridgehead atoms. The Morgan fingerprint density at radius 3 is 2.22 bits per heavy atom. The van der Waals surface area contributed by atoms with Crippen LogP contribution in [-0.2, 0) is 14.9 Å². The molecular formula is C12H15NNaO4. The van der Waals surface area contributed by atoms with Crippen molar-refractivity contribution in [1.29, 1.82) is 0 Å². The minimum Gasteiger partial charge on any atom is -0.465 e. The Morgan fingerprint density at radius 1 is 1.33 bits per heavy atom. The Bertz CT molecular complexity index is 428. The van der Waals surface area contributed by atoms with Crippen LogP contribution in [0.3, 0.4) is 0 Å². The van der Waals surface area contributed by atoms with Crippen molar-refractivity contribution in [2.24, 2.45) is 0 Å². The fourth-order valence-corrected chi connectivity index (χ4v) is 1.43. The number of hydrogen-bond donors (Lipinski definition) is 0. The number of hydrogen-bond acceptors (Lipinski definition) is 4. The minimum absolute atomic E-state index is 0. The van der Waals surface area contributed by atoms with Gasteiger partial charge in [0.1, 0.15) is 0 Å². The molecule has 93 valence electrons. The Hall–Kier alpha value is -0.910. The van der Waals surface area contributed by atoms with E-state index in [2.05, 4.69) is 0 Å². The van der Waals surface area contributed by atoms with E-state index >= 15 is 0 Å². The molecule has 0 heterocycles. The van der Waals surface area contributed by atoms with Crippen LogP contribution in [0.4, 0.5) is 5.69 Å². The van der Waals surface area contributed by atoms with Gasteiger partial charge in [-0.3, -0.25) is 14.9 Å². The number of benzene rings is 1. The monoisotopic (exact) mass is 260 g/mol. The molecule has 0 amide bonds. The van der Waals surface area contributed by atoms with Crippen molar-refractivity contribution in [1.82, 2.24) is 0 Å². The topological polar surface area (TPSA) is 69.4 Å². The van der Waals surface area contributed by atoms with E-state index in [1.165, 1.54) is 12.1 Å². The number of rotatable bonds is 4. The SMILES string of the molecule is CCOC(=O)C(C)(C)c1ccc([N+](=O)[O-])cc1.[Na]. The van der Waals surface area contributed by atoms with Crippen LogP contribution in [0.2, 0.25) is 0 Å². The molecule has 0 spiro atoms. The number of non-ortho nitro benzene ring substituents is 1. The van der Waals surface area contributed by atoms with Gasteiger partial charge < -0.3 is 4.74 Å². The molecule has 0 aliphatic rings. The van der Waals surface area contributed by atoms with E-state index in [-0.39, 0.29) is 41.2 Å². The largest absolute Gasteiger partial charge is 0.465 e. The molecule has 1 aromatic carbocycles. The Balaban J connectivity index is 0.00000289. The van der Waals surface area contributed by atoms with Gasteiger partial charge in [-0.15, -0.1) is 0 Å². The first-order valence-corrected chi connectivity index (χ1v) is 5.31. The number of ether oxygens (including phenoxy) is 1. The van der Waals surface area contributed by atoms with Crippen LogP contribution in [0, 0.1) is 10.1 Å². The van der Waals surface area contributed by atoms with Crippen LogP contribution in [0.25, 0.3) is 0 Å². The number of carbonyl (C=O) groups excluding carboxylic acids is 1. The zero-order chi connectivity index (χ0) is 13.1. The third-order valence-electron chi connectivity index (χ3n) is 2.59. The van der Waals surface area contributed by atoms with Gasteiger partial charge in [0.2, 0.25) is 0 Å². The standard InChI is InChI=1S/C12H15NO4.Na/c1-4-17-11(14)12(2,3)9-5-7-10(8-6-9)13(15)16;/h5-8H,4H2,1-3H3;. The predicted molar refractivity (Wildman–Crippen MR) is 68.5 cm³/mol. The van der Waals surface area contributed by atoms with Crippen molar-refractivity contribution >= 4 is 41.2 Å². The summed E-state index contributed by atoms with van der Waals surface area (Å²) in [4.78, 5) is 21.8. The fourth-order valence-electron chi connectivity index (χ4n) is 1.43. The maximum atomic E-state index is 11.7. The average Bonchev–Trinajstić information content (AvgIpc) is 2.29. The number of nitro groups is 1. The molecule has 0 fully saturated rings. The van der Waals surface area contributed by atoms with E-state index in [0.717, 1.165) is 0 Å². The number of nitro benzene ring substituents is 1. The molecule has 1 rings (SSSR count). The van der Waals surface area contributed by atoms with Crippen LogP contribution in [-0.4, -0.2) is 47.1 Å². The second-order valence-corrected chi connectivity index (χ2v) is 4.15. The molecule has 6 heteroatoms. The zero-order valence-corrected chi connectivity index (χ0v) is 13.1. The van der Waals surface area contributed by atoms with Crippen LogP contribution < -0.4 is 0 Å². The minimum atomic E-state index is -0.800. The zero-order valence-electron chi connectivity index (χ0n) is 11.1. The first-order chi connectivity index (χ1) is 7.89. The summed E-state index contributed by atoms with van der Waals surface area (Å²) in [7, 11) is 0. The van der Waals surface area contributed by atoms with E-state index < -0.39 is 10.3 Å². The van der Waals surface area contributed by atoms with Gasteiger partial charge in [0.05, 0.1) is 16.9 Å². The quantitative estimate of drug-likeness (QED) is 0.359. The van der Waals surface area contributed by atoms with Crippen molar-refractivity contribution in [3.05, 3.63) is 39.9 Å². The van der Waals surface area contributed by atoms with Crippen LogP contribution in [0.5, 0.6) is 0 Å². The number of nitrogens with zero attached hydrogens (tertiary/aromatic N) is 1. The summed E-state index contributed by atoms with van der Waals surface area (Å²) >= 11 is 0. The molecule has 0 aromatic heterocycles. The van der Waals surface area contributed by atoms with Crippen LogP contribution in [0.1, 0.15) is 26.3 Å².